The first kappa shape index (κ1) is 14.3. The Morgan fingerprint density at radius 2 is 2.06 bits per heavy atom. The Morgan fingerprint density at radius 3 is 2.59 bits per heavy atom. The first-order valence-electron chi connectivity index (χ1n) is 6.79. The Labute approximate surface area is 105 Å². The van der Waals surface area contributed by atoms with Crippen LogP contribution >= 0.6 is 0 Å². The Hall–Kier alpha value is -0.770. The van der Waals surface area contributed by atoms with Gasteiger partial charge in [0.15, 0.2) is 0 Å². The van der Waals surface area contributed by atoms with E-state index in [0.717, 1.165) is 13.0 Å². The fourth-order valence-corrected chi connectivity index (χ4v) is 2.63. The molecule has 0 aromatic carbocycles. The number of hydrogen-bond donors (Lipinski definition) is 3. The largest absolute Gasteiger partial charge is 0.409 e. The van der Waals surface area contributed by atoms with Crippen LogP contribution in [0.3, 0.4) is 0 Å². The zero-order valence-electron chi connectivity index (χ0n) is 11.2. The summed E-state index contributed by atoms with van der Waals surface area (Å²) in [6.07, 6.45) is 8.37. The van der Waals surface area contributed by atoms with Crippen LogP contribution in [0.1, 0.15) is 58.8 Å². The van der Waals surface area contributed by atoms with Crippen molar-refractivity contribution in [1.29, 1.82) is 0 Å². The molecule has 1 atom stereocenters. The lowest BCUT2D eigenvalue weighted by Gasteiger charge is -2.35. The standard InChI is InChI=1S/C13H27N3O/c1-3-11(9-12(14)16-17)15-10-13(2)7-5-4-6-8-13/h11,15,17H,3-10H2,1-2H3,(H2,14,16). The lowest BCUT2D eigenvalue weighted by atomic mass is 9.75. The number of rotatable bonds is 6. The molecule has 0 aromatic rings. The number of nitrogens with one attached hydrogen (secondary N) is 1. The highest BCUT2D eigenvalue weighted by atomic mass is 16.4. The molecule has 0 aliphatic heterocycles. The third kappa shape index (κ3) is 4.94. The summed E-state index contributed by atoms with van der Waals surface area (Å²) in [4.78, 5) is 0. The third-order valence-corrected chi connectivity index (χ3v) is 3.95. The summed E-state index contributed by atoms with van der Waals surface area (Å²) in [7, 11) is 0. The summed E-state index contributed by atoms with van der Waals surface area (Å²) in [5, 5.41) is 15.2. The van der Waals surface area contributed by atoms with Crippen LogP contribution in [0.5, 0.6) is 0 Å². The van der Waals surface area contributed by atoms with Crippen LogP contribution in [0.25, 0.3) is 0 Å². The molecule has 1 aliphatic rings. The van der Waals surface area contributed by atoms with E-state index in [1.54, 1.807) is 0 Å². The van der Waals surface area contributed by atoms with Gasteiger partial charge in [-0.3, -0.25) is 0 Å². The highest BCUT2D eigenvalue weighted by Gasteiger charge is 2.27. The lowest BCUT2D eigenvalue weighted by molar-refractivity contribution is 0.199. The van der Waals surface area contributed by atoms with Gasteiger partial charge >= 0.3 is 0 Å². The number of amidine groups is 1. The highest BCUT2D eigenvalue weighted by molar-refractivity contribution is 5.80. The molecule has 100 valence electrons. The van der Waals surface area contributed by atoms with E-state index in [1.807, 2.05) is 0 Å². The van der Waals surface area contributed by atoms with Crippen molar-refractivity contribution in [3.05, 3.63) is 0 Å². The SMILES string of the molecule is CCC(CC(N)=NO)NCC1(C)CCCCC1. The van der Waals surface area contributed by atoms with Crippen LogP contribution in [0.4, 0.5) is 0 Å². The molecule has 0 amide bonds. The zero-order chi connectivity index (χ0) is 12.7. The van der Waals surface area contributed by atoms with Gasteiger partial charge in [0, 0.05) is 19.0 Å². The van der Waals surface area contributed by atoms with E-state index in [2.05, 4.69) is 24.3 Å². The smallest absolute Gasteiger partial charge is 0.140 e. The maximum absolute atomic E-state index is 8.58. The topological polar surface area (TPSA) is 70.6 Å². The van der Waals surface area contributed by atoms with Crippen LogP contribution in [0.2, 0.25) is 0 Å². The van der Waals surface area contributed by atoms with Crippen molar-refractivity contribution in [3.63, 3.8) is 0 Å². The molecule has 17 heavy (non-hydrogen) atoms. The van der Waals surface area contributed by atoms with E-state index in [-0.39, 0.29) is 0 Å². The van der Waals surface area contributed by atoms with Crippen molar-refractivity contribution in [2.45, 2.75) is 64.8 Å². The van der Waals surface area contributed by atoms with Gasteiger partial charge < -0.3 is 16.3 Å². The first-order valence-corrected chi connectivity index (χ1v) is 6.79. The summed E-state index contributed by atoms with van der Waals surface area (Å²) >= 11 is 0. The van der Waals surface area contributed by atoms with E-state index >= 15 is 0 Å². The third-order valence-electron chi connectivity index (χ3n) is 3.95. The second-order valence-electron chi connectivity index (χ2n) is 5.65. The van der Waals surface area contributed by atoms with Gasteiger partial charge in [0.05, 0.1) is 0 Å². The molecule has 4 N–H and O–H groups in total. The normalized spacial score (nSPS) is 22.4. The molecule has 0 aromatic heterocycles. The molecule has 0 bridgehead atoms. The quantitative estimate of drug-likeness (QED) is 0.289. The minimum atomic E-state index is 0.318. The van der Waals surface area contributed by atoms with Crippen molar-refractivity contribution in [2.24, 2.45) is 16.3 Å². The fraction of sp³-hybridized carbons (Fsp3) is 0.923. The molecule has 0 saturated heterocycles. The number of hydrogen-bond acceptors (Lipinski definition) is 3. The van der Waals surface area contributed by atoms with Crippen molar-refractivity contribution in [2.75, 3.05) is 6.54 Å². The van der Waals surface area contributed by atoms with Crippen molar-refractivity contribution in [3.8, 4) is 0 Å². The Morgan fingerprint density at radius 1 is 1.41 bits per heavy atom. The van der Waals surface area contributed by atoms with E-state index < -0.39 is 0 Å². The highest BCUT2D eigenvalue weighted by Crippen LogP contribution is 2.35. The van der Waals surface area contributed by atoms with Gasteiger partial charge in [0.1, 0.15) is 5.84 Å². The van der Waals surface area contributed by atoms with Gasteiger partial charge in [0.2, 0.25) is 0 Å². The van der Waals surface area contributed by atoms with Gasteiger partial charge in [0.25, 0.3) is 0 Å². The Balaban J connectivity index is 2.35. The van der Waals surface area contributed by atoms with Crippen molar-refractivity contribution < 1.29 is 5.21 Å². The average molecular weight is 241 g/mol. The molecule has 1 aliphatic carbocycles. The minimum absolute atomic E-state index is 0.318. The van der Waals surface area contributed by atoms with E-state index in [1.165, 1.54) is 32.1 Å². The summed E-state index contributed by atoms with van der Waals surface area (Å²) in [5.41, 5.74) is 5.99. The summed E-state index contributed by atoms with van der Waals surface area (Å²) in [6.45, 7) is 5.55. The molecule has 4 heteroatoms. The van der Waals surface area contributed by atoms with Crippen LogP contribution in [0.15, 0.2) is 5.16 Å². The summed E-state index contributed by atoms with van der Waals surface area (Å²) < 4.78 is 0. The second-order valence-corrected chi connectivity index (χ2v) is 5.65. The predicted molar refractivity (Wildman–Crippen MR) is 71.3 cm³/mol. The maximum atomic E-state index is 8.58. The Kier molecular flexibility index (Phi) is 5.75. The second kappa shape index (κ2) is 6.84. The number of nitrogens with two attached hydrogens (primary N) is 1. The lowest BCUT2D eigenvalue weighted by Crippen LogP contribution is -2.41. The number of oxime groups is 1. The van der Waals surface area contributed by atoms with Crippen LogP contribution in [0, 0.1) is 5.41 Å². The van der Waals surface area contributed by atoms with Gasteiger partial charge in [-0.15, -0.1) is 0 Å². The molecule has 4 nitrogen and oxygen atoms in total. The molecule has 1 fully saturated rings. The monoisotopic (exact) mass is 241 g/mol. The van der Waals surface area contributed by atoms with E-state index in [9.17, 15) is 0 Å². The van der Waals surface area contributed by atoms with Crippen LogP contribution < -0.4 is 11.1 Å². The molecule has 1 rings (SSSR count). The van der Waals surface area contributed by atoms with Crippen LogP contribution in [-0.4, -0.2) is 23.6 Å². The molecule has 0 heterocycles. The molecular weight excluding hydrogens is 214 g/mol. The zero-order valence-corrected chi connectivity index (χ0v) is 11.2. The summed E-state index contributed by atoms with van der Waals surface area (Å²) in [6, 6.07) is 0.324. The van der Waals surface area contributed by atoms with Gasteiger partial charge in [-0.2, -0.15) is 0 Å². The molecule has 1 unspecified atom stereocenters. The van der Waals surface area contributed by atoms with Gasteiger partial charge in [-0.05, 0) is 24.7 Å². The molecular formula is C13H27N3O. The van der Waals surface area contributed by atoms with Gasteiger partial charge in [-0.25, -0.2) is 0 Å². The van der Waals surface area contributed by atoms with Gasteiger partial charge in [-0.1, -0.05) is 38.3 Å². The van der Waals surface area contributed by atoms with E-state index in [4.69, 9.17) is 10.9 Å². The average Bonchev–Trinajstić information content (AvgIpc) is 2.35. The molecule has 0 spiro atoms. The predicted octanol–water partition coefficient (Wildman–Crippen LogP) is 2.46. The summed E-state index contributed by atoms with van der Waals surface area (Å²) in [5.74, 6) is 0.318. The molecule has 1 saturated carbocycles. The van der Waals surface area contributed by atoms with Crippen molar-refractivity contribution >= 4 is 5.84 Å². The number of nitrogens with zero attached hydrogens (tertiary/aromatic N) is 1. The maximum Gasteiger partial charge on any atom is 0.140 e. The fourth-order valence-electron chi connectivity index (χ4n) is 2.63. The Bertz CT molecular complexity index is 247. The molecule has 0 radical (unpaired) electrons. The van der Waals surface area contributed by atoms with Crippen LogP contribution in [-0.2, 0) is 0 Å². The first-order chi connectivity index (χ1) is 8.09. The van der Waals surface area contributed by atoms with Crippen molar-refractivity contribution in [1.82, 2.24) is 5.32 Å². The minimum Gasteiger partial charge on any atom is -0.409 e. The van der Waals surface area contributed by atoms with E-state index in [0.29, 0.717) is 23.7 Å².